The van der Waals surface area contributed by atoms with Crippen molar-refractivity contribution in [1.29, 1.82) is 0 Å². The van der Waals surface area contributed by atoms with E-state index in [-0.39, 0.29) is 31.1 Å². The number of carbonyl (C=O) groups excluding carboxylic acids is 3. The maximum absolute atomic E-state index is 12.8. The van der Waals surface area contributed by atoms with Gasteiger partial charge in [0.15, 0.2) is 6.10 Å². The van der Waals surface area contributed by atoms with Crippen LogP contribution in [0, 0.1) is 0 Å². The second-order valence-corrected chi connectivity index (χ2v) is 19.5. The molecule has 0 aliphatic rings. The van der Waals surface area contributed by atoms with Gasteiger partial charge in [-0.1, -0.05) is 253 Å². The highest BCUT2D eigenvalue weighted by molar-refractivity contribution is 5.71. The molecule has 0 aromatic heterocycles. The van der Waals surface area contributed by atoms with Crippen LogP contribution in [0.5, 0.6) is 0 Å². The Balaban J connectivity index is 4.37. The molecule has 0 aromatic carbocycles. The quantitative estimate of drug-likeness (QED) is 0.0261. The van der Waals surface area contributed by atoms with Crippen molar-refractivity contribution in [3.05, 3.63) is 97.2 Å². The molecule has 1 unspecified atom stereocenters. The van der Waals surface area contributed by atoms with E-state index in [9.17, 15) is 14.4 Å². The Labute approximate surface area is 438 Å². The molecule has 0 fully saturated rings. The van der Waals surface area contributed by atoms with Crippen molar-refractivity contribution in [2.75, 3.05) is 13.2 Å². The van der Waals surface area contributed by atoms with Gasteiger partial charge in [0.05, 0.1) is 0 Å². The summed E-state index contributed by atoms with van der Waals surface area (Å²) in [6.45, 7) is 6.49. The summed E-state index contributed by atoms with van der Waals surface area (Å²) in [5.41, 5.74) is 0. The van der Waals surface area contributed by atoms with E-state index in [0.29, 0.717) is 19.3 Å². The molecule has 0 spiro atoms. The van der Waals surface area contributed by atoms with Gasteiger partial charge < -0.3 is 14.2 Å². The molecule has 406 valence electrons. The number of rotatable bonds is 53. The molecular weight excluding hydrogens is 877 g/mol. The Kier molecular flexibility index (Phi) is 55.9. The first-order chi connectivity index (χ1) is 35.0. The molecule has 6 nitrogen and oxygen atoms in total. The van der Waals surface area contributed by atoms with E-state index in [4.69, 9.17) is 14.2 Å². The van der Waals surface area contributed by atoms with E-state index in [1.165, 1.54) is 103 Å². The van der Waals surface area contributed by atoms with E-state index in [1.807, 2.05) is 0 Å². The molecule has 0 saturated heterocycles. The third-order valence-electron chi connectivity index (χ3n) is 12.6. The first-order valence-electron chi connectivity index (χ1n) is 29.7. The molecule has 0 heterocycles. The number of hydrogen-bond acceptors (Lipinski definition) is 6. The maximum atomic E-state index is 12.8. The number of hydrogen-bond donors (Lipinski definition) is 0. The van der Waals surface area contributed by atoms with Gasteiger partial charge in [-0.3, -0.25) is 14.4 Å². The van der Waals surface area contributed by atoms with E-state index < -0.39 is 6.10 Å². The highest BCUT2D eigenvalue weighted by Gasteiger charge is 2.19. The minimum absolute atomic E-state index is 0.0863. The van der Waals surface area contributed by atoms with Crippen LogP contribution in [0.25, 0.3) is 0 Å². The Morgan fingerprint density at radius 1 is 0.296 bits per heavy atom. The summed E-state index contributed by atoms with van der Waals surface area (Å²) in [5.74, 6) is -0.910. The lowest BCUT2D eigenvalue weighted by atomic mass is 10.0. The van der Waals surface area contributed by atoms with Crippen LogP contribution in [-0.2, 0) is 28.6 Å². The molecule has 6 heteroatoms. The Morgan fingerprint density at radius 3 is 0.887 bits per heavy atom. The minimum Gasteiger partial charge on any atom is -0.462 e. The molecule has 0 aromatic rings. The van der Waals surface area contributed by atoms with E-state index >= 15 is 0 Å². The summed E-state index contributed by atoms with van der Waals surface area (Å²) in [4.78, 5) is 38.2. The molecule has 71 heavy (non-hydrogen) atoms. The Hall–Kier alpha value is -3.67. The van der Waals surface area contributed by atoms with Gasteiger partial charge in [-0.05, 0) is 103 Å². The fourth-order valence-electron chi connectivity index (χ4n) is 8.12. The number of esters is 3. The lowest BCUT2D eigenvalue weighted by Crippen LogP contribution is -2.30. The SMILES string of the molecule is CC/C=C\C/C=C\C/C=C\C/C=C\C/C=C\C/C=C\CCCCCCCCC(=O)OCC(COC(=O)CCCCCCCCCCCCCCC)OC(=O)CCCCCCC/C=C\C/C=C\CCCCC. The predicted octanol–water partition coefficient (Wildman–Crippen LogP) is 20.1. The summed E-state index contributed by atoms with van der Waals surface area (Å²) < 4.78 is 16.9. The van der Waals surface area contributed by atoms with E-state index in [2.05, 4.69) is 118 Å². The molecule has 0 rings (SSSR count). The first kappa shape index (κ1) is 67.3. The van der Waals surface area contributed by atoms with Crippen molar-refractivity contribution in [2.45, 2.75) is 284 Å². The van der Waals surface area contributed by atoms with E-state index in [1.54, 1.807) is 0 Å². The average molecular weight is 988 g/mol. The minimum atomic E-state index is -0.791. The van der Waals surface area contributed by atoms with Gasteiger partial charge in [0, 0.05) is 19.3 Å². The van der Waals surface area contributed by atoms with Crippen LogP contribution in [0.3, 0.4) is 0 Å². The zero-order valence-corrected chi connectivity index (χ0v) is 46.5. The normalized spacial score (nSPS) is 12.8. The molecule has 1 atom stereocenters. The topological polar surface area (TPSA) is 78.9 Å². The van der Waals surface area contributed by atoms with Crippen LogP contribution in [-0.4, -0.2) is 37.2 Å². The summed E-state index contributed by atoms with van der Waals surface area (Å²) in [6.07, 6.45) is 78.2. The number of carbonyl (C=O) groups is 3. The smallest absolute Gasteiger partial charge is 0.306 e. The van der Waals surface area contributed by atoms with Crippen molar-refractivity contribution >= 4 is 17.9 Å². The number of ether oxygens (including phenoxy) is 3. The highest BCUT2D eigenvalue weighted by Crippen LogP contribution is 2.15. The van der Waals surface area contributed by atoms with Crippen LogP contribution in [0.2, 0.25) is 0 Å². The van der Waals surface area contributed by atoms with Crippen LogP contribution in [0.15, 0.2) is 97.2 Å². The second kappa shape index (κ2) is 58.9. The van der Waals surface area contributed by atoms with Gasteiger partial charge in [0.2, 0.25) is 0 Å². The number of allylic oxidation sites excluding steroid dienone is 16. The maximum Gasteiger partial charge on any atom is 0.306 e. The van der Waals surface area contributed by atoms with Gasteiger partial charge >= 0.3 is 17.9 Å². The highest BCUT2D eigenvalue weighted by atomic mass is 16.6. The Morgan fingerprint density at radius 2 is 0.549 bits per heavy atom. The van der Waals surface area contributed by atoms with Gasteiger partial charge in [-0.25, -0.2) is 0 Å². The monoisotopic (exact) mass is 987 g/mol. The van der Waals surface area contributed by atoms with Gasteiger partial charge in [-0.2, -0.15) is 0 Å². The average Bonchev–Trinajstić information content (AvgIpc) is 3.37. The van der Waals surface area contributed by atoms with Crippen molar-refractivity contribution in [3.63, 3.8) is 0 Å². The molecule has 0 radical (unpaired) electrons. The summed E-state index contributed by atoms with van der Waals surface area (Å²) >= 11 is 0. The zero-order valence-electron chi connectivity index (χ0n) is 46.5. The molecule has 0 aliphatic heterocycles. The lowest BCUT2D eigenvalue weighted by molar-refractivity contribution is -0.167. The fourth-order valence-corrected chi connectivity index (χ4v) is 8.12. The van der Waals surface area contributed by atoms with Gasteiger partial charge in [0.1, 0.15) is 13.2 Å². The van der Waals surface area contributed by atoms with Crippen LogP contribution >= 0.6 is 0 Å². The van der Waals surface area contributed by atoms with Crippen LogP contribution < -0.4 is 0 Å². The zero-order chi connectivity index (χ0) is 51.4. The standard InChI is InChI=1S/C65H110O6/c1-4-7-10-13-16-19-22-25-27-28-29-30-31-32-33-34-35-36-38-40-43-46-49-52-55-58-64(67)70-61-62(60-69-63(66)57-54-51-48-45-42-39-24-21-18-15-12-9-6-3)71-65(68)59-56-53-50-47-44-41-37-26-23-20-17-14-11-8-5-2/h7,10,16-17,19-20,25-27,29-30,32-33,35-37,62H,4-6,8-9,11-15,18,21-24,28,31,34,38-61H2,1-3H3/b10-7-,19-16-,20-17-,27-25-,30-29-,33-32-,36-35-,37-26-. The lowest BCUT2D eigenvalue weighted by Gasteiger charge is -2.18. The van der Waals surface area contributed by atoms with Gasteiger partial charge in [0.25, 0.3) is 0 Å². The van der Waals surface area contributed by atoms with Gasteiger partial charge in [-0.15, -0.1) is 0 Å². The van der Waals surface area contributed by atoms with E-state index in [0.717, 1.165) is 135 Å². The summed E-state index contributed by atoms with van der Waals surface area (Å²) in [5, 5.41) is 0. The number of unbranched alkanes of at least 4 members (excludes halogenated alkanes) is 26. The van der Waals surface area contributed by atoms with Crippen LogP contribution in [0.4, 0.5) is 0 Å². The third kappa shape index (κ3) is 57.1. The molecule has 0 amide bonds. The molecule has 0 saturated carbocycles. The summed E-state index contributed by atoms with van der Waals surface area (Å²) in [6, 6.07) is 0. The van der Waals surface area contributed by atoms with Crippen LogP contribution in [0.1, 0.15) is 278 Å². The molecular formula is C65H110O6. The van der Waals surface area contributed by atoms with Crippen molar-refractivity contribution in [2.24, 2.45) is 0 Å². The fraction of sp³-hybridized carbons (Fsp3) is 0.708. The molecule has 0 aliphatic carbocycles. The van der Waals surface area contributed by atoms with Crippen molar-refractivity contribution < 1.29 is 28.6 Å². The largest absolute Gasteiger partial charge is 0.462 e. The predicted molar refractivity (Wildman–Crippen MR) is 307 cm³/mol. The Bertz CT molecular complexity index is 1410. The first-order valence-corrected chi connectivity index (χ1v) is 29.7. The van der Waals surface area contributed by atoms with Crippen molar-refractivity contribution in [1.82, 2.24) is 0 Å². The van der Waals surface area contributed by atoms with Crippen molar-refractivity contribution in [3.8, 4) is 0 Å². The molecule has 0 bridgehead atoms. The third-order valence-corrected chi connectivity index (χ3v) is 12.6. The summed E-state index contributed by atoms with van der Waals surface area (Å²) in [7, 11) is 0. The molecule has 0 N–H and O–H groups in total. The second-order valence-electron chi connectivity index (χ2n) is 19.5.